The summed E-state index contributed by atoms with van der Waals surface area (Å²) in [5.74, 6) is 1.95. The van der Waals surface area contributed by atoms with E-state index in [2.05, 4.69) is 33.0 Å². The average Bonchev–Trinajstić information content (AvgIpc) is 3.60. The Kier molecular flexibility index (Phi) is 10.9. The van der Waals surface area contributed by atoms with E-state index in [1.54, 1.807) is 6.07 Å². The lowest BCUT2D eigenvalue weighted by molar-refractivity contribution is -0.153. The molecule has 2 N–H and O–H groups in total. The maximum absolute atomic E-state index is 13.5. The van der Waals surface area contributed by atoms with Crippen LogP contribution in [-0.2, 0) is 21.4 Å². The van der Waals surface area contributed by atoms with Gasteiger partial charge in [0.05, 0.1) is 10.8 Å². The second-order valence-corrected chi connectivity index (χ2v) is 16.8. The first-order valence-electron chi connectivity index (χ1n) is 18.3. The number of carboxylic acids is 1. The van der Waals surface area contributed by atoms with Crippen molar-refractivity contribution in [3.8, 4) is 11.4 Å². The molecule has 1 aromatic carbocycles. The highest BCUT2D eigenvalue weighted by Crippen LogP contribution is 2.44. The van der Waals surface area contributed by atoms with Crippen LogP contribution in [0.2, 0.25) is 0 Å². The summed E-state index contributed by atoms with van der Waals surface area (Å²) in [5, 5.41) is 12.3. The van der Waals surface area contributed by atoms with Gasteiger partial charge in [0, 0.05) is 42.3 Å². The molecule has 49 heavy (non-hydrogen) atoms. The second-order valence-electron chi connectivity index (χ2n) is 15.8. The van der Waals surface area contributed by atoms with Gasteiger partial charge in [-0.2, -0.15) is 0 Å². The minimum Gasteiger partial charge on any atom is -0.481 e. The molecule has 0 bridgehead atoms. The SMILES string of the molecule is CC[C@H]1CC[C@H](C2CCC(c3cnc(-c4ccc(C[C@H](NC(=O)c5ccc(C(C)(C)C)s5)C(=O)N5CC(C(=O)O)C5)cc4)nc3)CC2)CC1. The van der Waals surface area contributed by atoms with Crippen LogP contribution < -0.4 is 5.32 Å². The molecule has 3 aromatic rings. The molecule has 2 aromatic heterocycles. The minimum atomic E-state index is -0.907. The van der Waals surface area contributed by atoms with Crippen molar-refractivity contribution in [1.82, 2.24) is 20.2 Å². The van der Waals surface area contributed by atoms with E-state index in [9.17, 15) is 19.5 Å². The van der Waals surface area contributed by atoms with Gasteiger partial charge in [0.25, 0.3) is 5.91 Å². The minimum absolute atomic E-state index is 0.0832. The van der Waals surface area contributed by atoms with Crippen LogP contribution in [-0.4, -0.2) is 56.9 Å². The smallest absolute Gasteiger partial charge is 0.310 e. The summed E-state index contributed by atoms with van der Waals surface area (Å²) in [4.78, 5) is 50.8. The zero-order valence-corrected chi connectivity index (χ0v) is 30.3. The Bertz CT molecular complexity index is 1590. The molecule has 262 valence electrons. The predicted molar refractivity (Wildman–Crippen MR) is 194 cm³/mol. The number of nitrogens with zero attached hydrogens (tertiary/aromatic N) is 3. The van der Waals surface area contributed by atoms with Crippen molar-refractivity contribution in [1.29, 1.82) is 0 Å². The summed E-state index contributed by atoms with van der Waals surface area (Å²) in [6.07, 6.45) is 16.4. The standard InChI is InChI=1S/C40H52N4O4S/c1-5-25-6-10-27(11-7-25)28-14-16-29(17-15-28)31-21-41-36(42-22-31)30-12-8-26(9-13-30)20-33(38(46)44-23-32(24-44)39(47)48)43-37(45)34-18-19-35(49-34)40(2,3)4/h8-9,12-13,18-19,21-22,25,27-29,32-33H,5-7,10-11,14-17,20,23-24H2,1-4H3,(H,43,45)(H,47,48)/t25-,27-,28?,29?,33-/m0/s1. The third kappa shape index (κ3) is 8.42. The number of aliphatic carboxylic acids is 1. The fraction of sp³-hybridized carbons (Fsp3) is 0.575. The molecule has 2 saturated carbocycles. The van der Waals surface area contributed by atoms with E-state index >= 15 is 0 Å². The first kappa shape index (κ1) is 35.2. The highest BCUT2D eigenvalue weighted by atomic mass is 32.1. The van der Waals surface area contributed by atoms with Crippen molar-refractivity contribution in [3.05, 3.63) is 69.7 Å². The van der Waals surface area contributed by atoms with Crippen LogP contribution >= 0.6 is 11.3 Å². The van der Waals surface area contributed by atoms with Crippen molar-refractivity contribution in [2.75, 3.05) is 13.1 Å². The first-order valence-corrected chi connectivity index (χ1v) is 19.1. The molecule has 8 nitrogen and oxygen atoms in total. The molecule has 0 spiro atoms. The number of likely N-dealkylation sites (tertiary alicyclic amines) is 1. The van der Waals surface area contributed by atoms with Gasteiger partial charge in [-0.25, -0.2) is 9.97 Å². The molecular formula is C40H52N4O4S. The van der Waals surface area contributed by atoms with Gasteiger partial charge in [-0.05, 0) is 90.9 Å². The number of rotatable bonds is 10. The molecule has 6 rings (SSSR count). The second kappa shape index (κ2) is 15.1. The molecule has 2 aliphatic carbocycles. The summed E-state index contributed by atoms with van der Waals surface area (Å²) in [6, 6.07) is 10.8. The highest BCUT2D eigenvalue weighted by molar-refractivity contribution is 7.14. The largest absolute Gasteiger partial charge is 0.481 e. The quantitative estimate of drug-likeness (QED) is 0.225. The Morgan fingerprint density at radius 3 is 2.06 bits per heavy atom. The Morgan fingerprint density at radius 2 is 1.51 bits per heavy atom. The van der Waals surface area contributed by atoms with E-state index < -0.39 is 17.9 Å². The molecule has 9 heteroatoms. The van der Waals surface area contributed by atoms with Gasteiger partial charge < -0.3 is 15.3 Å². The zero-order chi connectivity index (χ0) is 34.7. The molecule has 0 radical (unpaired) electrons. The zero-order valence-electron chi connectivity index (χ0n) is 29.5. The van der Waals surface area contributed by atoms with Gasteiger partial charge in [-0.1, -0.05) is 71.2 Å². The summed E-state index contributed by atoms with van der Waals surface area (Å²) >= 11 is 1.43. The van der Waals surface area contributed by atoms with Gasteiger partial charge in [0.1, 0.15) is 6.04 Å². The van der Waals surface area contributed by atoms with Crippen LogP contribution in [0, 0.1) is 23.7 Å². The fourth-order valence-corrected chi connectivity index (χ4v) is 9.01. The summed E-state index contributed by atoms with van der Waals surface area (Å²) in [7, 11) is 0. The molecule has 3 fully saturated rings. The van der Waals surface area contributed by atoms with Crippen LogP contribution in [0.3, 0.4) is 0 Å². The Balaban J connectivity index is 1.07. The van der Waals surface area contributed by atoms with E-state index in [0.717, 1.165) is 33.8 Å². The number of hydrogen-bond acceptors (Lipinski definition) is 6. The molecule has 3 heterocycles. The number of hydrogen-bond donors (Lipinski definition) is 2. The molecule has 2 amide bonds. The third-order valence-electron chi connectivity index (χ3n) is 11.4. The van der Waals surface area contributed by atoms with Crippen LogP contribution in [0.25, 0.3) is 11.4 Å². The number of nitrogens with one attached hydrogen (secondary N) is 1. The van der Waals surface area contributed by atoms with E-state index in [-0.39, 0.29) is 30.3 Å². The maximum Gasteiger partial charge on any atom is 0.310 e. The molecule has 0 unspecified atom stereocenters. The highest BCUT2D eigenvalue weighted by Gasteiger charge is 2.39. The van der Waals surface area contributed by atoms with Crippen LogP contribution in [0.5, 0.6) is 0 Å². The normalized spacial score (nSPS) is 23.8. The molecule has 1 aliphatic heterocycles. The Morgan fingerprint density at radius 1 is 0.898 bits per heavy atom. The number of benzene rings is 1. The predicted octanol–water partition coefficient (Wildman–Crippen LogP) is 7.88. The number of aromatic nitrogens is 2. The van der Waals surface area contributed by atoms with Crippen molar-refractivity contribution in [2.24, 2.45) is 23.7 Å². The number of thiophene rings is 1. The average molecular weight is 685 g/mol. The molecule has 1 saturated heterocycles. The van der Waals surface area contributed by atoms with Crippen LogP contribution in [0.15, 0.2) is 48.8 Å². The number of carbonyl (C=O) groups excluding carboxylic acids is 2. The lowest BCUT2D eigenvalue weighted by atomic mass is 9.68. The topological polar surface area (TPSA) is 112 Å². The van der Waals surface area contributed by atoms with E-state index in [4.69, 9.17) is 9.97 Å². The number of carboxylic acid groups (broad SMARTS) is 1. The fourth-order valence-electron chi connectivity index (χ4n) is 8.04. The number of carbonyl (C=O) groups is 3. The van der Waals surface area contributed by atoms with Gasteiger partial charge in [0.2, 0.25) is 5.91 Å². The first-order chi connectivity index (χ1) is 23.5. The molecule has 1 atom stereocenters. The van der Waals surface area contributed by atoms with Crippen molar-refractivity contribution >= 4 is 29.1 Å². The van der Waals surface area contributed by atoms with Crippen molar-refractivity contribution in [3.63, 3.8) is 0 Å². The van der Waals surface area contributed by atoms with Gasteiger partial charge in [-0.3, -0.25) is 14.4 Å². The lowest BCUT2D eigenvalue weighted by Crippen LogP contribution is -2.59. The van der Waals surface area contributed by atoms with Gasteiger partial charge in [-0.15, -0.1) is 11.3 Å². The summed E-state index contributed by atoms with van der Waals surface area (Å²) in [6.45, 7) is 8.95. The summed E-state index contributed by atoms with van der Waals surface area (Å²) in [5.41, 5.74) is 2.94. The Hall–Kier alpha value is -3.59. The van der Waals surface area contributed by atoms with Gasteiger partial charge in [0.15, 0.2) is 5.82 Å². The lowest BCUT2D eigenvalue weighted by Gasteiger charge is -2.38. The van der Waals surface area contributed by atoms with Crippen molar-refractivity contribution < 1.29 is 19.5 Å². The molecule has 3 aliphatic rings. The number of amides is 2. The van der Waals surface area contributed by atoms with E-state index in [1.165, 1.54) is 79.6 Å². The van der Waals surface area contributed by atoms with Crippen LogP contribution in [0.4, 0.5) is 0 Å². The monoisotopic (exact) mass is 684 g/mol. The van der Waals surface area contributed by atoms with Crippen molar-refractivity contribution in [2.45, 2.75) is 109 Å². The molecular weight excluding hydrogens is 633 g/mol. The van der Waals surface area contributed by atoms with E-state index in [0.29, 0.717) is 23.0 Å². The Labute approximate surface area is 295 Å². The maximum atomic E-state index is 13.5. The summed E-state index contributed by atoms with van der Waals surface area (Å²) < 4.78 is 0. The third-order valence-corrected chi connectivity index (χ3v) is 12.9. The van der Waals surface area contributed by atoms with Gasteiger partial charge >= 0.3 is 5.97 Å². The van der Waals surface area contributed by atoms with Crippen LogP contribution in [0.1, 0.15) is 117 Å². The van der Waals surface area contributed by atoms with E-state index in [1.807, 2.05) is 42.7 Å².